The maximum Gasteiger partial charge on any atom is 0.415 e. The molecular formula is C15H18FN3O4S. The second-order valence-corrected chi connectivity index (χ2v) is 8.53. The Morgan fingerprint density at radius 3 is 2.58 bits per heavy atom. The van der Waals surface area contributed by atoms with E-state index in [1.54, 1.807) is 12.1 Å². The summed E-state index contributed by atoms with van der Waals surface area (Å²) in [6, 6.07) is 4.42. The van der Waals surface area contributed by atoms with Crippen LogP contribution in [0.15, 0.2) is 18.2 Å². The number of nitrogens with one attached hydrogen (secondary N) is 1. The molecule has 0 radical (unpaired) electrons. The lowest BCUT2D eigenvalue weighted by Crippen LogP contribution is -2.32. The van der Waals surface area contributed by atoms with Gasteiger partial charge in [-0.3, -0.25) is 14.5 Å². The van der Waals surface area contributed by atoms with Gasteiger partial charge in [-0.05, 0) is 36.5 Å². The van der Waals surface area contributed by atoms with Crippen molar-refractivity contribution in [2.24, 2.45) is 5.73 Å². The summed E-state index contributed by atoms with van der Waals surface area (Å²) in [5, 5.41) is 0. The first-order valence-electron chi connectivity index (χ1n) is 7.58. The number of primary amides is 1. The van der Waals surface area contributed by atoms with Crippen LogP contribution in [0.1, 0.15) is 24.3 Å². The first-order chi connectivity index (χ1) is 11.3. The number of hydrogen-bond acceptors (Lipinski definition) is 5. The molecule has 0 spiro atoms. The highest BCUT2D eigenvalue weighted by atomic mass is 32.2. The molecule has 2 heterocycles. The van der Waals surface area contributed by atoms with Gasteiger partial charge in [-0.25, -0.2) is 13.4 Å². The van der Waals surface area contributed by atoms with E-state index in [-0.39, 0.29) is 24.0 Å². The first kappa shape index (κ1) is 16.7. The standard InChI is InChI=1S/C15H18FN3O4S/c16-12-7-10(19-8-13(14(17)20)23-15(19)21)1-2-11(12)9-3-5-24(18,22)6-4-9/h1-2,7,9,13,18H,3-6,8H2,(H2,17,20)/t9-,13-,24+/m1/s1. The summed E-state index contributed by atoms with van der Waals surface area (Å²) in [4.78, 5) is 24.1. The molecule has 2 fully saturated rings. The normalized spacial score (nSPS) is 30.2. The van der Waals surface area contributed by atoms with Crippen molar-refractivity contribution in [1.82, 2.24) is 0 Å². The third-order valence-corrected chi connectivity index (χ3v) is 6.25. The van der Waals surface area contributed by atoms with Crippen molar-refractivity contribution in [3.8, 4) is 0 Å². The SMILES string of the molecule is N=[S@]1(=O)CC[C@@H](c2ccc(N3C[C@H](C(N)=O)OC3=O)cc2F)CC1. The molecule has 24 heavy (non-hydrogen) atoms. The Kier molecular flexibility index (Phi) is 4.20. The lowest BCUT2D eigenvalue weighted by Gasteiger charge is -2.25. The van der Waals surface area contributed by atoms with Gasteiger partial charge in [0, 0.05) is 21.2 Å². The molecule has 2 aliphatic rings. The Labute approximate surface area is 138 Å². The Morgan fingerprint density at radius 1 is 1.38 bits per heavy atom. The number of amides is 2. The van der Waals surface area contributed by atoms with Gasteiger partial charge in [-0.15, -0.1) is 0 Å². The molecule has 1 aromatic carbocycles. The maximum atomic E-state index is 14.5. The largest absolute Gasteiger partial charge is 0.434 e. The number of halogens is 1. The van der Waals surface area contributed by atoms with E-state index in [1.165, 1.54) is 11.0 Å². The maximum absolute atomic E-state index is 14.5. The molecule has 130 valence electrons. The number of ether oxygens (including phenoxy) is 1. The van der Waals surface area contributed by atoms with Crippen molar-refractivity contribution in [2.45, 2.75) is 24.9 Å². The second-order valence-electron chi connectivity index (χ2n) is 6.09. The van der Waals surface area contributed by atoms with Crippen LogP contribution in [0, 0.1) is 10.6 Å². The second kappa shape index (κ2) is 6.04. The molecule has 2 amide bonds. The number of nitrogens with zero attached hydrogens (tertiary/aromatic N) is 1. The number of nitrogens with two attached hydrogens (primary N) is 1. The Hall–Kier alpha value is -2.16. The van der Waals surface area contributed by atoms with Gasteiger partial charge < -0.3 is 10.5 Å². The third kappa shape index (κ3) is 3.21. The van der Waals surface area contributed by atoms with Gasteiger partial charge in [0.15, 0.2) is 6.10 Å². The molecule has 0 bridgehead atoms. The van der Waals surface area contributed by atoms with Crippen LogP contribution in [-0.2, 0) is 19.3 Å². The van der Waals surface area contributed by atoms with Crippen molar-refractivity contribution in [3.63, 3.8) is 0 Å². The molecule has 3 rings (SSSR count). The van der Waals surface area contributed by atoms with Gasteiger partial charge in [-0.2, -0.15) is 0 Å². The predicted molar refractivity (Wildman–Crippen MR) is 85.8 cm³/mol. The summed E-state index contributed by atoms with van der Waals surface area (Å²) in [5.41, 5.74) is 5.91. The zero-order valence-electron chi connectivity index (χ0n) is 12.9. The van der Waals surface area contributed by atoms with Crippen LogP contribution in [0.2, 0.25) is 0 Å². The van der Waals surface area contributed by atoms with Gasteiger partial charge in [0.25, 0.3) is 5.91 Å². The smallest absolute Gasteiger partial charge is 0.415 e. The number of hydrogen-bond donors (Lipinski definition) is 2. The van der Waals surface area contributed by atoms with Gasteiger partial charge in [0.2, 0.25) is 0 Å². The molecule has 7 nitrogen and oxygen atoms in total. The molecule has 3 N–H and O–H groups in total. The van der Waals surface area contributed by atoms with Crippen LogP contribution in [0.3, 0.4) is 0 Å². The van der Waals surface area contributed by atoms with Crippen LogP contribution >= 0.6 is 0 Å². The lowest BCUT2D eigenvalue weighted by molar-refractivity contribution is -0.124. The monoisotopic (exact) mass is 355 g/mol. The molecule has 1 atom stereocenters. The molecule has 1 aromatic rings. The number of carbonyl (C=O) groups is 2. The minimum absolute atomic E-state index is 0.0444. The van der Waals surface area contributed by atoms with Gasteiger partial charge >= 0.3 is 6.09 Å². The summed E-state index contributed by atoms with van der Waals surface area (Å²) in [7, 11) is -2.51. The third-order valence-electron chi connectivity index (χ3n) is 4.46. The number of rotatable bonds is 3. The molecule has 0 aliphatic carbocycles. The van der Waals surface area contributed by atoms with E-state index in [1.807, 2.05) is 0 Å². The minimum Gasteiger partial charge on any atom is -0.434 e. The van der Waals surface area contributed by atoms with Crippen molar-refractivity contribution >= 4 is 27.4 Å². The molecule has 0 aromatic heterocycles. The fraction of sp³-hybridized carbons (Fsp3) is 0.467. The van der Waals surface area contributed by atoms with Crippen molar-refractivity contribution < 1.29 is 22.9 Å². The average molecular weight is 355 g/mol. The van der Waals surface area contributed by atoms with Crippen LogP contribution < -0.4 is 10.6 Å². The number of cyclic esters (lactones) is 1. The summed E-state index contributed by atoms with van der Waals surface area (Å²) in [6.45, 7) is -0.0444. The summed E-state index contributed by atoms with van der Waals surface area (Å²) in [5.74, 6) is -0.743. The van der Waals surface area contributed by atoms with Crippen molar-refractivity contribution in [3.05, 3.63) is 29.6 Å². The van der Waals surface area contributed by atoms with Gasteiger partial charge in [-0.1, -0.05) is 6.07 Å². The van der Waals surface area contributed by atoms with Crippen molar-refractivity contribution in [1.29, 1.82) is 4.78 Å². The molecule has 2 saturated heterocycles. The summed E-state index contributed by atoms with van der Waals surface area (Å²) in [6.07, 6.45) is -0.760. The number of anilines is 1. The van der Waals surface area contributed by atoms with Crippen LogP contribution in [0.25, 0.3) is 0 Å². The van der Waals surface area contributed by atoms with Gasteiger partial charge in [0.1, 0.15) is 5.82 Å². The van der Waals surface area contributed by atoms with E-state index in [2.05, 4.69) is 0 Å². The van der Waals surface area contributed by atoms with Crippen LogP contribution in [0.5, 0.6) is 0 Å². The quantitative estimate of drug-likeness (QED) is 0.856. The molecule has 0 saturated carbocycles. The van der Waals surface area contributed by atoms with Gasteiger partial charge in [0.05, 0.1) is 12.2 Å². The highest BCUT2D eigenvalue weighted by Gasteiger charge is 2.36. The Balaban J connectivity index is 1.78. The van der Waals surface area contributed by atoms with E-state index in [0.717, 1.165) is 0 Å². The highest BCUT2D eigenvalue weighted by molar-refractivity contribution is 7.92. The number of benzene rings is 1. The lowest BCUT2D eigenvalue weighted by atomic mass is 9.93. The summed E-state index contributed by atoms with van der Waals surface area (Å²) >= 11 is 0. The fourth-order valence-electron chi connectivity index (χ4n) is 3.06. The fourth-order valence-corrected chi connectivity index (χ4v) is 4.59. The Bertz CT molecular complexity index is 782. The average Bonchev–Trinajstić information content (AvgIpc) is 2.90. The Morgan fingerprint density at radius 2 is 2.04 bits per heavy atom. The molecule has 9 heteroatoms. The predicted octanol–water partition coefficient (Wildman–Crippen LogP) is 1.56. The zero-order chi connectivity index (χ0) is 17.5. The van der Waals surface area contributed by atoms with E-state index >= 15 is 0 Å². The van der Waals surface area contributed by atoms with Crippen molar-refractivity contribution in [2.75, 3.05) is 23.0 Å². The number of carbonyl (C=O) groups excluding carboxylic acids is 2. The summed E-state index contributed by atoms with van der Waals surface area (Å²) < 4.78 is 38.6. The highest BCUT2D eigenvalue weighted by Crippen LogP contribution is 2.33. The minimum atomic E-state index is -2.51. The van der Waals surface area contributed by atoms with E-state index < -0.39 is 33.7 Å². The van der Waals surface area contributed by atoms with Crippen LogP contribution in [0.4, 0.5) is 14.9 Å². The zero-order valence-corrected chi connectivity index (χ0v) is 13.7. The van der Waals surface area contributed by atoms with Crippen LogP contribution in [-0.4, -0.2) is 40.4 Å². The van der Waals surface area contributed by atoms with E-state index in [0.29, 0.717) is 24.1 Å². The molecule has 0 unspecified atom stereocenters. The molecule has 2 aliphatic heterocycles. The first-order valence-corrected chi connectivity index (χ1v) is 9.47. The topological polar surface area (TPSA) is 114 Å². The van der Waals surface area contributed by atoms with E-state index in [4.69, 9.17) is 15.3 Å². The van der Waals surface area contributed by atoms with E-state index in [9.17, 15) is 18.2 Å². The molecular weight excluding hydrogens is 337 g/mol.